The minimum absolute atomic E-state index is 0.195. The summed E-state index contributed by atoms with van der Waals surface area (Å²) < 4.78 is 5.37. The number of benzene rings is 1. The van der Waals surface area contributed by atoms with E-state index in [1.54, 1.807) is 0 Å². The van der Waals surface area contributed by atoms with E-state index in [1.165, 1.54) is 5.56 Å². The molecule has 0 unspecified atom stereocenters. The second kappa shape index (κ2) is 5.15. The molecule has 1 saturated heterocycles. The fourth-order valence-corrected chi connectivity index (χ4v) is 2.42. The second-order valence-electron chi connectivity index (χ2n) is 5.22. The smallest absolute Gasteiger partial charge is 0.151 e. The monoisotopic (exact) mass is 258 g/mol. The van der Waals surface area contributed by atoms with Crippen LogP contribution in [-0.4, -0.2) is 34.4 Å². The molecule has 0 radical (unpaired) electrons. The summed E-state index contributed by atoms with van der Waals surface area (Å²) in [6.07, 6.45) is 0.651. The summed E-state index contributed by atoms with van der Waals surface area (Å²) >= 11 is 0. The molecule has 2 aromatic rings. The van der Waals surface area contributed by atoms with Crippen molar-refractivity contribution in [2.75, 3.05) is 13.1 Å². The summed E-state index contributed by atoms with van der Waals surface area (Å²) in [6.45, 7) is 4.43. The van der Waals surface area contributed by atoms with E-state index >= 15 is 0 Å². The van der Waals surface area contributed by atoms with Crippen molar-refractivity contribution in [2.24, 2.45) is 0 Å². The van der Waals surface area contributed by atoms with Crippen molar-refractivity contribution in [1.29, 1.82) is 0 Å². The van der Waals surface area contributed by atoms with Crippen molar-refractivity contribution >= 4 is 0 Å². The lowest BCUT2D eigenvalue weighted by Gasteiger charge is -2.11. The van der Waals surface area contributed by atoms with Crippen LogP contribution in [0.5, 0.6) is 0 Å². The van der Waals surface area contributed by atoms with Gasteiger partial charge >= 0.3 is 0 Å². The van der Waals surface area contributed by atoms with Crippen LogP contribution in [0.15, 0.2) is 34.9 Å². The molecule has 1 atom stereocenters. The Morgan fingerprint density at radius 1 is 1.37 bits per heavy atom. The molecule has 1 aliphatic rings. The zero-order chi connectivity index (χ0) is 13.2. The van der Waals surface area contributed by atoms with E-state index in [9.17, 15) is 5.11 Å². The number of aromatic nitrogens is 1. The van der Waals surface area contributed by atoms with Crippen LogP contribution in [0.25, 0.3) is 11.3 Å². The van der Waals surface area contributed by atoms with Crippen LogP contribution in [0, 0.1) is 6.92 Å². The van der Waals surface area contributed by atoms with Gasteiger partial charge in [0.2, 0.25) is 0 Å². The highest BCUT2D eigenvalue weighted by atomic mass is 16.5. The van der Waals surface area contributed by atoms with Crippen molar-refractivity contribution in [3.8, 4) is 11.3 Å². The summed E-state index contributed by atoms with van der Waals surface area (Å²) in [5.41, 5.74) is 3.18. The van der Waals surface area contributed by atoms with Gasteiger partial charge in [-0.3, -0.25) is 4.90 Å². The predicted octanol–water partition coefficient (Wildman–Crippen LogP) is 2.22. The number of aryl methyl sites for hydroxylation is 1. The van der Waals surface area contributed by atoms with Crippen molar-refractivity contribution in [3.05, 3.63) is 41.7 Å². The third-order valence-corrected chi connectivity index (χ3v) is 3.53. The van der Waals surface area contributed by atoms with Gasteiger partial charge in [0.15, 0.2) is 5.76 Å². The lowest BCUT2D eigenvalue weighted by molar-refractivity contribution is 0.170. The summed E-state index contributed by atoms with van der Waals surface area (Å²) in [5.74, 6) is 0.852. The Kier molecular flexibility index (Phi) is 3.36. The van der Waals surface area contributed by atoms with Gasteiger partial charge in [0.25, 0.3) is 0 Å². The lowest BCUT2D eigenvalue weighted by atomic mass is 10.1. The number of nitrogens with zero attached hydrogens (tertiary/aromatic N) is 2. The van der Waals surface area contributed by atoms with E-state index in [1.807, 2.05) is 6.07 Å². The molecule has 0 saturated carbocycles. The van der Waals surface area contributed by atoms with Gasteiger partial charge in [0.05, 0.1) is 12.6 Å². The number of hydrogen-bond donors (Lipinski definition) is 1. The fourth-order valence-electron chi connectivity index (χ4n) is 2.42. The topological polar surface area (TPSA) is 49.5 Å². The quantitative estimate of drug-likeness (QED) is 0.917. The SMILES string of the molecule is Cc1ccc(-c2cc(CN3CC[C@@H](O)C3)on2)cc1. The molecule has 0 bridgehead atoms. The number of aliphatic hydroxyl groups is 1. The molecule has 2 heterocycles. The Bertz CT molecular complexity index is 548. The van der Waals surface area contributed by atoms with Crippen LogP contribution in [0.3, 0.4) is 0 Å². The van der Waals surface area contributed by atoms with Crippen LogP contribution in [0.4, 0.5) is 0 Å². The molecule has 1 aliphatic heterocycles. The Labute approximate surface area is 112 Å². The van der Waals surface area contributed by atoms with Crippen molar-refractivity contribution in [3.63, 3.8) is 0 Å². The first-order valence-corrected chi connectivity index (χ1v) is 6.64. The van der Waals surface area contributed by atoms with Gasteiger partial charge < -0.3 is 9.63 Å². The zero-order valence-electron chi connectivity index (χ0n) is 11.0. The minimum Gasteiger partial charge on any atom is -0.392 e. The van der Waals surface area contributed by atoms with E-state index in [0.29, 0.717) is 0 Å². The summed E-state index contributed by atoms with van der Waals surface area (Å²) in [5, 5.41) is 13.6. The standard InChI is InChI=1S/C15H18N2O2/c1-11-2-4-12(5-3-11)15-8-14(19-16-15)10-17-7-6-13(18)9-17/h2-5,8,13,18H,6-7,9-10H2,1H3/t13-/m1/s1. The third-order valence-electron chi connectivity index (χ3n) is 3.53. The molecule has 4 nitrogen and oxygen atoms in total. The first kappa shape index (κ1) is 12.4. The van der Waals surface area contributed by atoms with Gasteiger partial charge in [-0.25, -0.2) is 0 Å². The van der Waals surface area contributed by atoms with Gasteiger partial charge in [-0.1, -0.05) is 35.0 Å². The number of rotatable bonds is 3. The van der Waals surface area contributed by atoms with E-state index in [2.05, 4.69) is 41.2 Å². The average Bonchev–Trinajstić information content (AvgIpc) is 3.00. The van der Waals surface area contributed by atoms with Crippen molar-refractivity contribution in [1.82, 2.24) is 10.1 Å². The van der Waals surface area contributed by atoms with E-state index in [0.717, 1.165) is 43.1 Å². The second-order valence-corrected chi connectivity index (χ2v) is 5.22. The first-order valence-electron chi connectivity index (χ1n) is 6.64. The molecular formula is C15H18N2O2. The molecule has 1 fully saturated rings. The molecule has 3 rings (SSSR count). The highest BCUT2D eigenvalue weighted by Gasteiger charge is 2.21. The summed E-state index contributed by atoms with van der Waals surface area (Å²) in [7, 11) is 0. The van der Waals surface area contributed by atoms with Crippen LogP contribution >= 0.6 is 0 Å². The maximum atomic E-state index is 9.50. The maximum Gasteiger partial charge on any atom is 0.151 e. The maximum absolute atomic E-state index is 9.50. The Morgan fingerprint density at radius 3 is 2.84 bits per heavy atom. The number of hydrogen-bond acceptors (Lipinski definition) is 4. The fraction of sp³-hybridized carbons (Fsp3) is 0.400. The molecule has 100 valence electrons. The van der Waals surface area contributed by atoms with Crippen molar-refractivity contribution in [2.45, 2.75) is 26.0 Å². The van der Waals surface area contributed by atoms with Crippen LogP contribution in [0.2, 0.25) is 0 Å². The van der Waals surface area contributed by atoms with Crippen LogP contribution in [-0.2, 0) is 6.54 Å². The van der Waals surface area contributed by atoms with Crippen LogP contribution < -0.4 is 0 Å². The molecule has 1 aromatic carbocycles. The average molecular weight is 258 g/mol. The van der Waals surface area contributed by atoms with E-state index < -0.39 is 0 Å². The highest BCUT2D eigenvalue weighted by Crippen LogP contribution is 2.21. The van der Waals surface area contributed by atoms with Gasteiger partial charge in [-0.15, -0.1) is 0 Å². The molecule has 0 aliphatic carbocycles. The Balaban J connectivity index is 1.71. The number of β-amino-alcohol motifs (C(OH)–C–C–N with tert-alkyl or cyclic N) is 1. The van der Waals surface area contributed by atoms with Gasteiger partial charge in [-0.2, -0.15) is 0 Å². The van der Waals surface area contributed by atoms with E-state index in [4.69, 9.17) is 4.52 Å². The number of aliphatic hydroxyl groups excluding tert-OH is 1. The van der Waals surface area contributed by atoms with Gasteiger partial charge in [0, 0.05) is 24.7 Å². The molecular weight excluding hydrogens is 240 g/mol. The number of likely N-dealkylation sites (tertiary alicyclic amines) is 1. The summed E-state index contributed by atoms with van der Waals surface area (Å²) in [4.78, 5) is 2.18. The van der Waals surface area contributed by atoms with Crippen molar-refractivity contribution < 1.29 is 9.63 Å². The Hall–Kier alpha value is -1.65. The Morgan fingerprint density at radius 2 is 2.16 bits per heavy atom. The molecule has 0 spiro atoms. The van der Waals surface area contributed by atoms with Gasteiger partial charge in [-0.05, 0) is 13.3 Å². The van der Waals surface area contributed by atoms with Crippen LogP contribution in [0.1, 0.15) is 17.7 Å². The minimum atomic E-state index is -0.195. The molecule has 1 N–H and O–H groups in total. The highest BCUT2D eigenvalue weighted by molar-refractivity contribution is 5.59. The summed E-state index contributed by atoms with van der Waals surface area (Å²) in [6, 6.07) is 10.2. The van der Waals surface area contributed by atoms with E-state index in [-0.39, 0.29) is 6.10 Å². The predicted molar refractivity (Wildman–Crippen MR) is 72.6 cm³/mol. The molecule has 4 heteroatoms. The zero-order valence-corrected chi connectivity index (χ0v) is 11.0. The largest absolute Gasteiger partial charge is 0.392 e. The molecule has 1 aromatic heterocycles. The third kappa shape index (κ3) is 2.85. The molecule has 0 amide bonds. The van der Waals surface area contributed by atoms with Gasteiger partial charge in [0.1, 0.15) is 5.69 Å². The molecule has 19 heavy (non-hydrogen) atoms. The lowest BCUT2D eigenvalue weighted by Crippen LogP contribution is -2.21. The normalized spacial score (nSPS) is 20.0. The first-order chi connectivity index (χ1) is 9.20.